The summed E-state index contributed by atoms with van der Waals surface area (Å²) in [6, 6.07) is 1.48. The molecule has 0 aliphatic carbocycles. The number of anilines is 1. The zero-order chi connectivity index (χ0) is 13.9. The summed E-state index contributed by atoms with van der Waals surface area (Å²) in [6.45, 7) is 3.28. The number of nitro groups is 1. The van der Waals surface area contributed by atoms with Gasteiger partial charge in [0.2, 0.25) is 0 Å². The van der Waals surface area contributed by atoms with Crippen molar-refractivity contribution >= 4 is 27.3 Å². The lowest BCUT2D eigenvalue weighted by atomic mass is 10.1. The lowest BCUT2D eigenvalue weighted by Gasteiger charge is -2.14. The molecule has 0 bridgehead atoms. The van der Waals surface area contributed by atoms with Gasteiger partial charge in [-0.05, 0) is 40.9 Å². The van der Waals surface area contributed by atoms with Crippen LogP contribution in [0.1, 0.15) is 11.1 Å². The van der Waals surface area contributed by atoms with E-state index in [1.165, 1.54) is 6.07 Å². The zero-order valence-corrected chi connectivity index (χ0v) is 11.7. The average molecular weight is 319 g/mol. The van der Waals surface area contributed by atoms with E-state index in [1.807, 2.05) is 6.92 Å². The third-order valence-corrected chi connectivity index (χ3v) is 3.66. The highest BCUT2D eigenvalue weighted by atomic mass is 79.9. The second-order valence-corrected chi connectivity index (χ2v) is 4.79. The summed E-state index contributed by atoms with van der Waals surface area (Å²) in [5, 5.41) is 31.8. The first-order valence-corrected chi connectivity index (χ1v) is 6.14. The van der Waals surface area contributed by atoms with Crippen molar-refractivity contribution < 1.29 is 15.1 Å². The van der Waals surface area contributed by atoms with Gasteiger partial charge >= 0.3 is 0 Å². The molecule has 100 valence electrons. The molecule has 1 rings (SSSR count). The number of aryl methyl sites for hydroxylation is 1. The number of nitrogens with one attached hydrogen (secondary N) is 1. The van der Waals surface area contributed by atoms with Gasteiger partial charge in [0.25, 0.3) is 5.69 Å². The SMILES string of the molecule is Cc1cc([N+](=O)[O-])c(NCC(O)CO)c(Br)c1C. The van der Waals surface area contributed by atoms with Gasteiger partial charge in [-0.25, -0.2) is 0 Å². The van der Waals surface area contributed by atoms with Gasteiger partial charge in [0.15, 0.2) is 0 Å². The van der Waals surface area contributed by atoms with Crippen molar-refractivity contribution in [1.82, 2.24) is 0 Å². The fraction of sp³-hybridized carbons (Fsp3) is 0.455. The third-order valence-electron chi connectivity index (χ3n) is 2.67. The van der Waals surface area contributed by atoms with Crippen molar-refractivity contribution in [3.63, 3.8) is 0 Å². The first-order chi connectivity index (χ1) is 8.38. The molecule has 0 aliphatic rings. The average Bonchev–Trinajstić information content (AvgIpc) is 2.33. The number of nitrogens with zero attached hydrogens (tertiary/aromatic N) is 1. The molecule has 7 heteroatoms. The largest absolute Gasteiger partial charge is 0.394 e. The Balaban J connectivity index is 3.15. The number of halogens is 1. The van der Waals surface area contributed by atoms with E-state index in [4.69, 9.17) is 5.11 Å². The summed E-state index contributed by atoms with van der Waals surface area (Å²) in [6.07, 6.45) is -0.960. The second-order valence-electron chi connectivity index (χ2n) is 4.00. The van der Waals surface area contributed by atoms with E-state index < -0.39 is 17.6 Å². The lowest BCUT2D eigenvalue weighted by Crippen LogP contribution is -2.23. The molecular formula is C11H15BrN2O4. The Hall–Kier alpha value is -1.18. The molecule has 1 aromatic carbocycles. The number of nitro benzene ring substituents is 1. The van der Waals surface area contributed by atoms with E-state index in [1.54, 1.807) is 6.92 Å². The van der Waals surface area contributed by atoms with Gasteiger partial charge in [-0.1, -0.05) is 0 Å². The minimum absolute atomic E-state index is 0.0401. The molecule has 0 aromatic heterocycles. The maximum Gasteiger partial charge on any atom is 0.293 e. The molecule has 18 heavy (non-hydrogen) atoms. The molecule has 6 nitrogen and oxygen atoms in total. The molecule has 0 spiro atoms. The Kier molecular flexibility index (Phi) is 5.06. The molecule has 0 saturated heterocycles. The van der Waals surface area contributed by atoms with Crippen molar-refractivity contribution in [1.29, 1.82) is 0 Å². The first kappa shape index (κ1) is 14.9. The third kappa shape index (κ3) is 3.18. The second kappa shape index (κ2) is 6.12. The molecular weight excluding hydrogens is 304 g/mol. The van der Waals surface area contributed by atoms with Gasteiger partial charge in [0.05, 0.1) is 22.1 Å². The molecule has 0 amide bonds. The summed E-state index contributed by atoms with van der Waals surface area (Å²) in [7, 11) is 0. The van der Waals surface area contributed by atoms with Crippen LogP contribution in [0.2, 0.25) is 0 Å². The number of rotatable bonds is 5. The van der Waals surface area contributed by atoms with E-state index in [-0.39, 0.29) is 12.2 Å². The number of hydrogen-bond donors (Lipinski definition) is 3. The molecule has 0 radical (unpaired) electrons. The van der Waals surface area contributed by atoms with Crippen LogP contribution in [-0.4, -0.2) is 34.4 Å². The van der Waals surface area contributed by atoms with E-state index >= 15 is 0 Å². The fourth-order valence-electron chi connectivity index (χ4n) is 1.46. The molecule has 0 saturated carbocycles. The highest BCUT2D eigenvalue weighted by molar-refractivity contribution is 9.10. The monoisotopic (exact) mass is 318 g/mol. The van der Waals surface area contributed by atoms with Crippen molar-refractivity contribution in [2.24, 2.45) is 0 Å². The maximum absolute atomic E-state index is 11.0. The van der Waals surface area contributed by atoms with Gasteiger partial charge in [-0.2, -0.15) is 0 Å². The van der Waals surface area contributed by atoms with Crippen molar-refractivity contribution in [2.45, 2.75) is 20.0 Å². The van der Waals surface area contributed by atoms with Crippen LogP contribution in [0.3, 0.4) is 0 Å². The van der Waals surface area contributed by atoms with Crippen LogP contribution in [0.4, 0.5) is 11.4 Å². The van der Waals surface area contributed by atoms with Gasteiger partial charge in [-0.3, -0.25) is 10.1 Å². The molecule has 1 aromatic rings. The molecule has 0 aliphatic heterocycles. The minimum Gasteiger partial charge on any atom is -0.394 e. The molecule has 1 unspecified atom stereocenters. The predicted octanol–water partition coefficient (Wildman–Crippen LogP) is 1.74. The number of benzene rings is 1. The van der Waals surface area contributed by atoms with Crippen LogP contribution in [0.5, 0.6) is 0 Å². The molecule has 0 heterocycles. The van der Waals surface area contributed by atoms with Gasteiger partial charge in [0, 0.05) is 12.6 Å². The molecule has 1 atom stereocenters. The van der Waals surface area contributed by atoms with E-state index in [9.17, 15) is 15.2 Å². The normalized spacial score (nSPS) is 12.3. The Morgan fingerprint density at radius 3 is 2.67 bits per heavy atom. The Bertz CT molecular complexity index is 465. The molecule has 0 fully saturated rings. The lowest BCUT2D eigenvalue weighted by molar-refractivity contribution is -0.384. The topological polar surface area (TPSA) is 95.6 Å². The van der Waals surface area contributed by atoms with Crippen LogP contribution in [-0.2, 0) is 0 Å². The summed E-state index contributed by atoms with van der Waals surface area (Å²) >= 11 is 3.31. The van der Waals surface area contributed by atoms with E-state index in [0.717, 1.165) is 11.1 Å². The van der Waals surface area contributed by atoms with Gasteiger partial charge in [-0.15, -0.1) is 0 Å². The number of aliphatic hydroxyl groups is 2. The minimum atomic E-state index is -0.960. The maximum atomic E-state index is 11.0. The number of aliphatic hydroxyl groups excluding tert-OH is 2. The smallest absolute Gasteiger partial charge is 0.293 e. The Labute approximate surface area is 113 Å². The first-order valence-electron chi connectivity index (χ1n) is 5.35. The Morgan fingerprint density at radius 1 is 1.56 bits per heavy atom. The van der Waals surface area contributed by atoms with Crippen LogP contribution in [0, 0.1) is 24.0 Å². The van der Waals surface area contributed by atoms with Crippen LogP contribution >= 0.6 is 15.9 Å². The predicted molar refractivity (Wildman–Crippen MR) is 71.9 cm³/mol. The van der Waals surface area contributed by atoms with Crippen molar-refractivity contribution in [3.05, 3.63) is 31.8 Å². The van der Waals surface area contributed by atoms with Crippen molar-refractivity contribution in [3.8, 4) is 0 Å². The zero-order valence-electron chi connectivity index (χ0n) is 10.1. The standard InChI is InChI=1S/C11H15BrN2O4/c1-6-3-9(14(17)18)11(10(12)7(6)2)13-4-8(16)5-15/h3,8,13,15-16H,4-5H2,1-2H3. The summed E-state index contributed by atoms with van der Waals surface area (Å²) in [4.78, 5) is 10.5. The van der Waals surface area contributed by atoms with E-state index in [0.29, 0.717) is 10.2 Å². The Morgan fingerprint density at radius 2 is 2.17 bits per heavy atom. The fourth-order valence-corrected chi connectivity index (χ4v) is 2.11. The van der Waals surface area contributed by atoms with Crippen molar-refractivity contribution in [2.75, 3.05) is 18.5 Å². The van der Waals surface area contributed by atoms with E-state index in [2.05, 4.69) is 21.2 Å². The van der Waals surface area contributed by atoms with Gasteiger partial charge in [0.1, 0.15) is 5.69 Å². The van der Waals surface area contributed by atoms with Gasteiger partial charge < -0.3 is 15.5 Å². The number of hydrogen-bond acceptors (Lipinski definition) is 5. The quantitative estimate of drug-likeness (QED) is 0.567. The summed E-state index contributed by atoms with van der Waals surface area (Å²) < 4.78 is 0.597. The highest BCUT2D eigenvalue weighted by Crippen LogP contribution is 2.37. The van der Waals surface area contributed by atoms with Crippen LogP contribution in [0.15, 0.2) is 10.5 Å². The highest BCUT2D eigenvalue weighted by Gasteiger charge is 2.20. The van der Waals surface area contributed by atoms with Crippen LogP contribution in [0.25, 0.3) is 0 Å². The summed E-state index contributed by atoms with van der Waals surface area (Å²) in [5.74, 6) is 0. The van der Waals surface area contributed by atoms with Crippen LogP contribution < -0.4 is 5.32 Å². The molecule has 3 N–H and O–H groups in total. The summed E-state index contributed by atoms with van der Waals surface area (Å²) in [5.41, 5.74) is 1.95.